The molecule has 0 spiro atoms. The molecule has 0 aromatic heterocycles. The summed E-state index contributed by atoms with van der Waals surface area (Å²) in [5.74, 6) is -0.560. The Morgan fingerprint density at radius 3 is 2.33 bits per heavy atom. The van der Waals surface area contributed by atoms with Gasteiger partial charge in [-0.05, 0) is 26.0 Å². The maximum atomic E-state index is 13.7. The first-order valence-corrected chi connectivity index (χ1v) is 8.05. The number of nitrogens with zero attached hydrogens (tertiary/aromatic N) is 2. The summed E-state index contributed by atoms with van der Waals surface area (Å²) in [6.45, 7) is 2.74. The molecule has 0 amide bonds. The predicted octanol–water partition coefficient (Wildman–Crippen LogP) is 1.86. The van der Waals surface area contributed by atoms with E-state index in [9.17, 15) is 17.9 Å². The Kier molecular flexibility index (Phi) is 5.74. The molecule has 0 atom stereocenters. The van der Waals surface area contributed by atoms with Gasteiger partial charge in [0.1, 0.15) is 5.82 Å². The molecule has 0 aliphatic heterocycles. The molecule has 1 aromatic carbocycles. The molecule has 0 bridgehead atoms. The molecule has 1 aromatic rings. The summed E-state index contributed by atoms with van der Waals surface area (Å²) in [7, 11) is -1.14. The first kappa shape index (κ1) is 18.3. The summed E-state index contributed by atoms with van der Waals surface area (Å²) in [5.41, 5.74) is -1.06. The molecule has 21 heavy (non-hydrogen) atoms. The van der Waals surface area contributed by atoms with Crippen LogP contribution in [0.1, 0.15) is 19.4 Å². The molecule has 1 rings (SSSR count). The Hall–Kier alpha value is -0.730. The molecular formula is C13H20ClFN2O3S. The van der Waals surface area contributed by atoms with Crippen LogP contribution in [0, 0.1) is 5.82 Å². The Balaban J connectivity index is 2.95. The summed E-state index contributed by atoms with van der Waals surface area (Å²) in [4.78, 5) is 0. The van der Waals surface area contributed by atoms with Crippen LogP contribution in [0.5, 0.6) is 0 Å². The minimum atomic E-state index is -3.82. The zero-order valence-corrected chi connectivity index (χ0v) is 14.0. The standard InChI is InChI=1S/C13H20ClFN2O3S/c1-13(2,18)9-17(4)21(19,20)16(3)8-10-11(14)6-5-7-12(10)15/h5-7,18H,8-9H2,1-4H3. The molecule has 5 nitrogen and oxygen atoms in total. The van der Waals surface area contributed by atoms with E-state index in [-0.39, 0.29) is 23.7 Å². The van der Waals surface area contributed by atoms with Gasteiger partial charge in [0.2, 0.25) is 0 Å². The molecule has 8 heteroatoms. The predicted molar refractivity (Wildman–Crippen MR) is 80.7 cm³/mol. The molecule has 0 radical (unpaired) electrons. The van der Waals surface area contributed by atoms with E-state index >= 15 is 0 Å². The molecule has 0 saturated carbocycles. The molecule has 0 aliphatic carbocycles. The summed E-state index contributed by atoms with van der Waals surface area (Å²) in [6.07, 6.45) is 0. The van der Waals surface area contributed by atoms with Crippen LogP contribution in [-0.2, 0) is 16.8 Å². The van der Waals surface area contributed by atoms with Crippen molar-refractivity contribution in [3.63, 3.8) is 0 Å². The second-order valence-electron chi connectivity index (χ2n) is 5.53. The van der Waals surface area contributed by atoms with Gasteiger partial charge in [-0.15, -0.1) is 0 Å². The van der Waals surface area contributed by atoms with Crippen molar-refractivity contribution in [2.45, 2.75) is 26.0 Å². The Labute approximate surface area is 130 Å². The second-order valence-corrected chi connectivity index (χ2v) is 8.08. The molecule has 0 fully saturated rings. The van der Waals surface area contributed by atoms with Crippen molar-refractivity contribution in [1.82, 2.24) is 8.61 Å². The topological polar surface area (TPSA) is 60.9 Å². The maximum absolute atomic E-state index is 13.7. The Morgan fingerprint density at radius 2 is 1.86 bits per heavy atom. The van der Waals surface area contributed by atoms with E-state index in [4.69, 9.17) is 11.6 Å². The average molecular weight is 339 g/mol. The van der Waals surface area contributed by atoms with Gasteiger partial charge >= 0.3 is 0 Å². The van der Waals surface area contributed by atoms with Gasteiger partial charge in [0.25, 0.3) is 10.2 Å². The summed E-state index contributed by atoms with van der Waals surface area (Å²) >= 11 is 5.89. The third kappa shape index (κ3) is 4.89. The highest BCUT2D eigenvalue weighted by atomic mass is 35.5. The Morgan fingerprint density at radius 1 is 1.29 bits per heavy atom. The molecule has 120 valence electrons. The third-order valence-corrected chi connectivity index (χ3v) is 5.03. The van der Waals surface area contributed by atoms with E-state index in [0.29, 0.717) is 0 Å². The van der Waals surface area contributed by atoms with E-state index in [1.807, 2.05) is 0 Å². The van der Waals surface area contributed by atoms with Gasteiger partial charge in [-0.25, -0.2) is 4.39 Å². The fourth-order valence-electron chi connectivity index (χ4n) is 1.85. The highest BCUT2D eigenvalue weighted by molar-refractivity contribution is 7.86. The number of benzene rings is 1. The van der Waals surface area contributed by atoms with Crippen molar-refractivity contribution in [2.24, 2.45) is 0 Å². The van der Waals surface area contributed by atoms with E-state index in [0.717, 1.165) is 8.61 Å². The van der Waals surface area contributed by atoms with Crippen LogP contribution in [0.15, 0.2) is 18.2 Å². The zero-order valence-electron chi connectivity index (χ0n) is 12.5. The van der Waals surface area contributed by atoms with Gasteiger partial charge in [0.05, 0.1) is 5.60 Å². The summed E-state index contributed by atoms with van der Waals surface area (Å²) < 4.78 is 40.3. The molecule has 0 heterocycles. The highest BCUT2D eigenvalue weighted by Crippen LogP contribution is 2.22. The smallest absolute Gasteiger partial charge is 0.281 e. The van der Waals surface area contributed by atoms with Crippen molar-refractivity contribution >= 4 is 21.8 Å². The lowest BCUT2D eigenvalue weighted by atomic mass is 10.1. The molecule has 1 N–H and O–H groups in total. The molecular weight excluding hydrogens is 319 g/mol. The van der Waals surface area contributed by atoms with Gasteiger partial charge in [0.15, 0.2) is 0 Å². The normalized spacial score (nSPS) is 13.2. The van der Waals surface area contributed by atoms with Crippen LogP contribution in [0.3, 0.4) is 0 Å². The van der Waals surface area contributed by atoms with E-state index in [1.165, 1.54) is 46.1 Å². The lowest BCUT2D eigenvalue weighted by molar-refractivity contribution is 0.0627. The second kappa shape index (κ2) is 6.58. The van der Waals surface area contributed by atoms with Crippen molar-refractivity contribution in [3.8, 4) is 0 Å². The minimum Gasteiger partial charge on any atom is -0.389 e. The number of aliphatic hydroxyl groups is 1. The van der Waals surface area contributed by atoms with E-state index in [1.54, 1.807) is 0 Å². The highest BCUT2D eigenvalue weighted by Gasteiger charge is 2.29. The fourth-order valence-corrected chi connectivity index (χ4v) is 3.32. The fraction of sp³-hybridized carbons (Fsp3) is 0.538. The van der Waals surface area contributed by atoms with Crippen LogP contribution in [0.2, 0.25) is 5.02 Å². The van der Waals surface area contributed by atoms with Gasteiger partial charge in [-0.1, -0.05) is 17.7 Å². The monoisotopic (exact) mass is 338 g/mol. The largest absolute Gasteiger partial charge is 0.389 e. The summed E-state index contributed by atoms with van der Waals surface area (Å²) in [5, 5.41) is 9.87. The van der Waals surface area contributed by atoms with Gasteiger partial charge in [-0.2, -0.15) is 17.0 Å². The van der Waals surface area contributed by atoms with Crippen molar-refractivity contribution in [2.75, 3.05) is 20.6 Å². The van der Waals surface area contributed by atoms with Crippen LogP contribution >= 0.6 is 11.6 Å². The van der Waals surface area contributed by atoms with Crippen LogP contribution in [0.4, 0.5) is 4.39 Å². The van der Waals surface area contributed by atoms with E-state index in [2.05, 4.69) is 0 Å². The van der Waals surface area contributed by atoms with Crippen LogP contribution < -0.4 is 0 Å². The number of hydrogen-bond donors (Lipinski definition) is 1. The molecule has 0 saturated heterocycles. The number of likely N-dealkylation sites (N-methyl/N-ethyl adjacent to an activating group) is 1. The molecule has 0 aliphatic rings. The first-order chi connectivity index (χ1) is 9.45. The van der Waals surface area contributed by atoms with Crippen molar-refractivity contribution < 1.29 is 17.9 Å². The van der Waals surface area contributed by atoms with Crippen molar-refractivity contribution in [3.05, 3.63) is 34.6 Å². The van der Waals surface area contributed by atoms with Gasteiger partial charge in [0, 0.05) is 37.8 Å². The SMILES string of the molecule is CN(Cc1c(F)cccc1Cl)S(=O)(=O)N(C)CC(C)(C)O. The maximum Gasteiger partial charge on any atom is 0.281 e. The number of rotatable bonds is 6. The van der Waals surface area contributed by atoms with Crippen LogP contribution in [-0.4, -0.2) is 48.4 Å². The number of halogens is 2. The van der Waals surface area contributed by atoms with Crippen molar-refractivity contribution in [1.29, 1.82) is 0 Å². The molecule has 0 unspecified atom stereocenters. The lowest BCUT2D eigenvalue weighted by Gasteiger charge is -2.29. The lowest BCUT2D eigenvalue weighted by Crippen LogP contribution is -2.45. The first-order valence-electron chi connectivity index (χ1n) is 6.28. The van der Waals surface area contributed by atoms with Gasteiger partial charge in [-0.3, -0.25) is 0 Å². The average Bonchev–Trinajstić information content (AvgIpc) is 2.31. The quantitative estimate of drug-likeness (QED) is 0.861. The minimum absolute atomic E-state index is 0.0787. The third-order valence-electron chi connectivity index (χ3n) is 2.84. The van der Waals surface area contributed by atoms with Crippen LogP contribution in [0.25, 0.3) is 0 Å². The van der Waals surface area contributed by atoms with E-state index < -0.39 is 21.6 Å². The number of hydrogen-bond acceptors (Lipinski definition) is 3. The van der Waals surface area contributed by atoms with Gasteiger partial charge < -0.3 is 5.11 Å². The zero-order chi connectivity index (χ0) is 16.4. The summed E-state index contributed by atoms with van der Waals surface area (Å²) in [6, 6.07) is 4.18. The Bertz CT molecular complexity index is 582.